The molecule has 5 rings (SSSR count). The monoisotopic (exact) mass is 509 g/mol. The molecule has 4 aliphatic rings. The van der Waals surface area contributed by atoms with Crippen LogP contribution in [0.15, 0.2) is 70.7 Å². The van der Waals surface area contributed by atoms with E-state index in [1.165, 1.54) is 31.3 Å². The van der Waals surface area contributed by atoms with Crippen molar-refractivity contribution in [3.05, 3.63) is 65.8 Å². The summed E-state index contributed by atoms with van der Waals surface area (Å²) in [4.78, 5) is 0.695. The molecule has 1 unspecified atom stereocenters. The predicted molar refractivity (Wildman–Crippen MR) is 146 cm³/mol. The van der Waals surface area contributed by atoms with E-state index in [2.05, 4.69) is 32.6 Å². The van der Waals surface area contributed by atoms with E-state index in [-0.39, 0.29) is 10.2 Å². The Morgan fingerprint density at radius 3 is 2.58 bits per heavy atom. The van der Waals surface area contributed by atoms with Crippen molar-refractivity contribution in [2.24, 2.45) is 23.2 Å². The summed E-state index contributed by atoms with van der Waals surface area (Å²) in [7, 11) is -2.82. The Labute approximate surface area is 217 Å². The molecule has 0 saturated heterocycles. The van der Waals surface area contributed by atoms with Gasteiger partial charge in [-0.05, 0) is 104 Å². The van der Waals surface area contributed by atoms with Crippen molar-refractivity contribution in [2.45, 2.75) is 99.9 Å². The van der Waals surface area contributed by atoms with Crippen LogP contribution < -0.4 is 0 Å². The second kappa shape index (κ2) is 9.56. The van der Waals surface area contributed by atoms with Crippen LogP contribution in [0.3, 0.4) is 0 Å². The quantitative estimate of drug-likeness (QED) is 0.395. The number of hydrogen-bond donors (Lipinski definition) is 3. The van der Waals surface area contributed by atoms with Gasteiger partial charge in [0, 0.05) is 11.3 Å². The van der Waals surface area contributed by atoms with Crippen molar-refractivity contribution in [3.8, 4) is 0 Å². The minimum Gasteiger partial charge on any atom is -0.393 e. The summed E-state index contributed by atoms with van der Waals surface area (Å²) in [6.45, 7) is 8.91. The normalized spacial score (nSPS) is 38.5. The molecule has 0 bridgehead atoms. The first-order valence-electron chi connectivity index (χ1n) is 13.9. The van der Waals surface area contributed by atoms with E-state index in [1.54, 1.807) is 0 Å². The highest BCUT2D eigenvalue weighted by Gasteiger charge is 2.56. The molecule has 4 nitrogen and oxygen atoms in total. The Morgan fingerprint density at radius 1 is 1.17 bits per heavy atom. The predicted octanol–water partition coefficient (Wildman–Crippen LogP) is 6.79. The van der Waals surface area contributed by atoms with Gasteiger partial charge < -0.3 is 10.2 Å². The largest absolute Gasteiger partial charge is 0.393 e. The molecule has 3 N–H and O–H groups in total. The van der Waals surface area contributed by atoms with E-state index in [0.717, 1.165) is 36.8 Å². The number of hydrogen-bond acceptors (Lipinski definition) is 4. The summed E-state index contributed by atoms with van der Waals surface area (Å²) >= 11 is 0. The summed E-state index contributed by atoms with van der Waals surface area (Å²) in [5.74, 6) is 1.57. The number of aliphatic hydroxyl groups is 2. The number of benzene rings is 1. The Balaban J connectivity index is 1.33. The summed E-state index contributed by atoms with van der Waals surface area (Å²) < 4.78 is 22.3. The fraction of sp³-hybridized carbons (Fsp3) is 0.613. The fourth-order valence-electron chi connectivity index (χ4n) is 8.02. The van der Waals surface area contributed by atoms with Crippen LogP contribution in [0.25, 0.3) is 0 Å². The zero-order valence-corrected chi connectivity index (χ0v) is 22.7. The molecular weight excluding hydrogens is 466 g/mol. The Morgan fingerprint density at radius 2 is 1.89 bits per heavy atom. The Bertz CT molecular complexity index is 1160. The van der Waals surface area contributed by atoms with Crippen LogP contribution in [-0.4, -0.2) is 31.4 Å². The number of aliphatic hydroxyl groups excluding tert-OH is 2. The molecule has 4 saturated carbocycles. The van der Waals surface area contributed by atoms with E-state index >= 15 is 0 Å². The van der Waals surface area contributed by atoms with Gasteiger partial charge in [0.2, 0.25) is 0 Å². The van der Waals surface area contributed by atoms with Gasteiger partial charge in [0.05, 0.1) is 26.7 Å². The first-order valence-corrected chi connectivity index (χ1v) is 15.4. The van der Waals surface area contributed by atoms with Gasteiger partial charge in [-0.25, -0.2) is 8.99 Å². The molecule has 4 aliphatic carbocycles. The lowest BCUT2D eigenvalue weighted by molar-refractivity contribution is 0.0861. The molecule has 196 valence electrons. The second-order valence-corrected chi connectivity index (χ2v) is 14.8. The van der Waals surface area contributed by atoms with Crippen LogP contribution in [0.1, 0.15) is 78.1 Å². The molecule has 36 heavy (non-hydrogen) atoms. The minimum absolute atomic E-state index is 0.232. The van der Waals surface area contributed by atoms with Crippen LogP contribution in [0.5, 0.6) is 0 Å². The molecule has 0 amide bonds. The molecular formula is C31H43NO3S. The van der Waals surface area contributed by atoms with Crippen LogP contribution in [0, 0.1) is 27.9 Å². The highest BCUT2D eigenvalue weighted by Crippen LogP contribution is 2.62. The molecule has 7 atom stereocenters. The van der Waals surface area contributed by atoms with Gasteiger partial charge in [0.15, 0.2) is 0 Å². The van der Waals surface area contributed by atoms with E-state index in [1.807, 2.05) is 30.3 Å². The highest BCUT2D eigenvalue weighted by molar-refractivity contribution is 7.94. The molecule has 0 spiro atoms. The molecule has 1 aromatic rings. The highest BCUT2D eigenvalue weighted by atomic mass is 32.2. The Hall–Kier alpha value is -1.69. The second-order valence-electron chi connectivity index (χ2n) is 12.4. The van der Waals surface area contributed by atoms with E-state index in [0.29, 0.717) is 35.5 Å². The van der Waals surface area contributed by atoms with Gasteiger partial charge in [-0.1, -0.05) is 56.4 Å². The number of rotatable bonds is 6. The summed E-state index contributed by atoms with van der Waals surface area (Å²) in [6.07, 6.45) is 12.8. The third kappa shape index (κ3) is 4.46. The van der Waals surface area contributed by atoms with Gasteiger partial charge >= 0.3 is 0 Å². The van der Waals surface area contributed by atoms with Crippen molar-refractivity contribution in [3.63, 3.8) is 0 Å². The van der Waals surface area contributed by atoms with Crippen LogP contribution in [0.4, 0.5) is 0 Å². The first kappa shape index (κ1) is 25.9. The van der Waals surface area contributed by atoms with Gasteiger partial charge in [0.1, 0.15) is 0 Å². The molecule has 0 aliphatic heterocycles. The third-order valence-corrected chi connectivity index (χ3v) is 12.9. The summed E-state index contributed by atoms with van der Waals surface area (Å²) in [5.41, 5.74) is 3.46. The van der Waals surface area contributed by atoms with Gasteiger partial charge in [-0.2, -0.15) is 0 Å². The molecule has 4 fully saturated rings. The number of nitrogens with one attached hydrogen (secondary N) is 1. The van der Waals surface area contributed by atoms with Crippen molar-refractivity contribution in [1.29, 1.82) is 4.78 Å². The standard InChI is InChI=1S/C31H43NO3S/c1-21(20-31(16-17-31)36(32,35)26-9-5-4-6-10-26)27-13-14-28-23(8-7-15-30(27,28)3)11-12-24-18-25(33)19-29(34)22(24)2/h4-6,9-12,21,25,27-29,32-34H,2,7-8,13-20H2,1,3H3/t21-,25-,27-,28+,29+,30-,36?/m1/s1. The third-order valence-electron chi connectivity index (χ3n) is 10.2. The van der Waals surface area contributed by atoms with E-state index in [4.69, 9.17) is 4.78 Å². The minimum atomic E-state index is -2.82. The lowest BCUT2D eigenvalue weighted by atomic mass is 9.60. The van der Waals surface area contributed by atoms with E-state index in [9.17, 15) is 14.4 Å². The maximum atomic E-state index is 13.8. The maximum absolute atomic E-state index is 13.8. The Kier molecular flexibility index (Phi) is 6.89. The van der Waals surface area contributed by atoms with Crippen molar-refractivity contribution >= 4 is 9.73 Å². The van der Waals surface area contributed by atoms with Gasteiger partial charge in [0.25, 0.3) is 0 Å². The fourth-order valence-corrected chi connectivity index (χ4v) is 10.2. The van der Waals surface area contributed by atoms with Crippen LogP contribution in [0.2, 0.25) is 0 Å². The zero-order chi connectivity index (χ0) is 25.7. The number of fused-ring (bicyclic) bond motifs is 1. The summed E-state index contributed by atoms with van der Waals surface area (Å²) in [5, 5.41) is 20.3. The molecule has 1 aromatic carbocycles. The molecule has 0 radical (unpaired) electrons. The average molecular weight is 510 g/mol. The number of allylic oxidation sites excluding steroid dienone is 3. The van der Waals surface area contributed by atoms with Crippen molar-refractivity contribution in [2.75, 3.05) is 0 Å². The SMILES string of the molecule is C=C1C(=CC=C2CCC[C@]3(C)[C@@H]([C@H](C)CC4(S(=N)(=O)c5ccccc5)CC4)CC[C@@H]23)C[C@@H](O)C[C@@H]1O. The van der Waals surface area contributed by atoms with E-state index < -0.39 is 21.9 Å². The van der Waals surface area contributed by atoms with Crippen molar-refractivity contribution < 1.29 is 14.4 Å². The average Bonchev–Trinajstić information content (AvgIpc) is 3.54. The molecule has 0 aromatic heterocycles. The maximum Gasteiger partial charge on any atom is 0.0811 e. The molecule has 0 heterocycles. The smallest absolute Gasteiger partial charge is 0.0811 e. The molecule has 5 heteroatoms. The topological polar surface area (TPSA) is 81.4 Å². The van der Waals surface area contributed by atoms with Crippen LogP contribution in [-0.2, 0) is 9.73 Å². The van der Waals surface area contributed by atoms with Crippen LogP contribution >= 0.6 is 0 Å². The summed E-state index contributed by atoms with van der Waals surface area (Å²) in [6, 6.07) is 9.48. The van der Waals surface area contributed by atoms with Gasteiger partial charge in [-0.15, -0.1) is 0 Å². The first-order chi connectivity index (χ1) is 17.1. The zero-order valence-electron chi connectivity index (χ0n) is 21.9. The lowest BCUT2D eigenvalue weighted by Gasteiger charge is -2.45. The van der Waals surface area contributed by atoms with Gasteiger partial charge in [-0.3, -0.25) is 0 Å². The lowest BCUT2D eigenvalue weighted by Crippen LogP contribution is -2.37. The van der Waals surface area contributed by atoms with Crippen molar-refractivity contribution in [1.82, 2.24) is 0 Å².